The number of amides is 1. The number of carbonyl (C=O) groups is 4. The summed E-state index contributed by atoms with van der Waals surface area (Å²) in [6.45, 7) is 0.307. The molecule has 2 aliphatic heterocycles. The molecule has 6 saturated carbocycles. The predicted molar refractivity (Wildman–Crippen MR) is 192 cm³/mol. The van der Waals surface area contributed by atoms with Crippen LogP contribution in [0.15, 0.2) is 24.3 Å². The monoisotopic (exact) mass is 775 g/mol. The second-order valence-electron chi connectivity index (χ2n) is 17.1. The number of likely N-dealkylation sites (tertiary alicyclic amines) is 2. The number of aldehydes is 1. The maximum atomic E-state index is 13.8. The van der Waals surface area contributed by atoms with E-state index in [0.717, 1.165) is 60.8 Å². The summed E-state index contributed by atoms with van der Waals surface area (Å²) >= 11 is 0. The van der Waals surface area contributed by atoms with Crippen LogP contribution >= 0.6 is 0 Å². The third-order valence-corrected chi connectivity index (χ3v) is 13.4. The van der Waals surface area contributed by atoms with Gasteiger partial charge in [0.25, 0.3) is 11.8 Å². The number of nitrogens with zero attached hydrogens (tertiary/aromatic N) is 3. The van der Waals surface area contributed by atoms with Crippen LogP contribution in [-0.2, 0) is 41.9 Å². The minimum absolute atomic E-state index is 0.0246. The molecular formula is C40H53F4N5O6. The number of halogens is 4. The lowest BCUT2D eigenvalue weighted by molar-refractivity contribution is -0.166. The van der Waals surface area contributed by atoms with Crippen LogP contribution in [0.3, 0.4) is 0 Å². The maximum absolute atomic E-state index is 13.8. The number of alkyl halides is 4. The second kappa shape index (κ2) is 16.1. The largest absolute Gasteiger partial charge is 0.460 e. The molecule has 2 N–H and O–H groups in total. The van der Waals surface area contributed by atoms with Crippen LogP contribution < -0.4 is 10.6 Å². The highest BCUT2D eigenvalue weighted by molar-refractivity contribution is 5.80. The second-order valence-corrected chi connectivity index (χ2v) is 17.1. The molecule has 9 rings (SSSR count). The van der Waals surface area contributed by atoms with Gasteiger partial charge in [-0.1, -0.05) is 24.3 Å². The number of ether oxygens (including phenoxy) is 2. The summed E-state index contributed by atoms with van der Waals surface area (Å²) in [7, 11) is 1.71. The first-order chi connectivity index (χ1) is 26.0. The van der Waals surface area contributed by atoms with Crippen molar-refractivity contribution in [3.8, 4) is 6.07 Å². The van der Waals surface area contributed by atoms with Crippen molar-refractivity contribution < 1.29 is 46.2 Å². The van der Waals surface area contributed by atoms with E-state index in [4.69, 9.17) is 9.47 Å². The van der Waals surface area contributed by atoms with E-state index in [-0.39, 0.29) is 55.7 Å². The minimum Gasteiger partial charge on any atom is -0.460 e. The molecule has 55 heavy (non-hydrogen) atoms. The zero-order valence-electron chi connectivity index (χ0n) is 31.6. The molecule has 0 aromatic heterocycles. The quantitative estimate of drug-likeness (QED) is 0.168. The lowest BCUT2D eigenvalue weighted by Gasteiger charge is -2.52. The highest BCUT2D eigenvalue weighted by Gasteiger charge is 2.55. The molecule has 1 aromatic carbocycles. The Labute approximate surface area is 319 Å². The Bertz CT molecular complexity index is 1580. The smallest absolute Gasteiger partial charge is 0.312 e. The molecule has 15 heteroatoms. The van der Waals surface area contributed by atoms with E-state index in [0.29, 0.717) is 51.6 Å². The SMILES string of the molecule is CN1CCC(F)(F)C1.N#CC1CC(F)(F)CN1C(=O)CNC12CCC(C(=O)OCc3ccc(COC(=O)C45CCC(NCC=O)(CC4)CC5)cc3)(CC1)CC2. The first-order valence-corrected chi connectivity index (χ1v) is 19.5. The van der Waals surface area contributed by atoms with Gasteiger partial charge in [0.05, 0.1) is 43.1 Å². The highest BCUT2D eigenvalue weighted by Crippen LogP contribution is 2.54. The van der Waals surface area contributed by atoms with Gasteiger partial charge in [-0.3, -0.25) is 14.4 Å². The molecular weight excluding hydrogens is 722 g/mol. The maximum Gasteiger partial charge on any atom is 0.312 e. The number of carbonyl (C=O) groups excluding carboxylic acids is 4. The van der Waals surface area contributed by atoms with Gasteiger partial charge in [0.2, 0.25) is 5.91 Å². The number of esters is 2. The molecule has 1 aromatic rings. The van der Waals surface area contributed by atoms with E-state index in [9.17, 15) is 42.0 Å². The summed E-state index contributed by atoms with van der Waals surface area (Å²) in [6.07, 6.45) is 9.13. The average molecular weight is 776 g/mol. The number of nitrogens with one attached hydrogen (secondary N) is 2. The van der Waals surface area contributed by atoms with Crippen molar-refractivity contribution in [2.45, 2.75) is 132 Å². The summed E-state index contributed by atoms with van der Waals surface area (Å²) in [5.41, 5.74) is 0.356. The van der Waals surface area contributed by atoms with Crippen molar-refractivity contribution in [3.63, 3.8) is 0 Å². The predicted octanol–water partition coefficient (Wildman–Crippen LogP) is 5.05. The molecule has 2 heterocycles. The Morgan fingerprint density at radius 2 is 1.24 bits per heavy atom. The molecule has 4 bridgehead atoms. The molecule has 302 valence electrons. The number of hydrogen-bond donors (Lipinski definition) is 2. The van der Waals surface area contributed by atoms with E-state index >= 15 is 0 Å². The fourth-order valence-electron chi connectivity index (χ4n) is 9.57. The standard InChI is InChI=1S/C35H44F2N4O6.C5H9F2N/c36-35(37)19-27(20-38)41(24-35)28(43)21-40-34-14-8-32(9-15-34,10-16-34)30(45)47-23-26-3-1-25(2-4-26)22-46-29(44)31-5-11-33(12-6-31,13-7-31)39-17-18-42;1-8-3-2-5(6,7)4-8/h1-4,18,27,39-40H,5-17,19,21-24H2;2-4H2,1H3. The first-order valence-electron chi connectivity index (χ1n) is 19.5. The molecule has 6 aliphatic carbocycles. The number of nitriles is 1. The van der Waals surface area contributed by atoms with E-state index in [1.807, 2.05) is 30.3 Å². The van der Waals surface area contributed by atoms with Crippen molar-refractivity contribution >= 4 is 24.1 Å². The van der Waals surface area contributed by atoms with Gasteiger partial charge in [0.15, 0.2) is 0 Å². The molecule has 11 nitrogen and oxygen atoms in total. The van der Waals surface area contributed by atoms with Crippen LogP contribution in [0.1, 0.15) is 101 Å². The van der Waals surface area contributed by atoms with Crippen molar-refractivity contribution in [2.24, 2.45) is 10.8 Å². The average Bonchev–Trinajstić information content (AvgIpc) is 3.70. The first kappa shape index (κ1) is 41.0. The van der Waals surface area contributed by atoms with E-state index in [1.165, 1.54) is 0 Å². The van der Waals surface area contributed by atoms with Crippen molar-refractivity contribution in [3.05, 3.63) is 35.4 Å². The van der Waals surface area contributed by atoms with Gasteiger partial charge in [0, 0.05) is 30.5 Å². The van der Waals surface area contributed by atoms with Crippen molar-refractivity contribution in [2.75, 3.05) is 39.8 Å². The molecule has 2 saturated heterocycles. The van der Waals surface area contributed by atoms with Crippen LogP contribution in [-0.4, -0.2) is 103 Å². The normalized spacial score (nSPS) is 32.9. The van der Waals surface area contributed by atoms with Gasteiger partial charge in [-0.25, -0.2) is 17.6 Å². The minimum atomic E-state index is -3.04. The van der Waals surface area contributed by atoms with Gasteiger partial charge in [0.1, 0.15) is 25.5 Å². The van der Waals surface area contributed by atoms with Gasteiger partial charge >= 0.3 is 11.9 Å². The topological polar surface area (TPSA) is 141 Å². The van der Waals surface area contributed by atoms with Crippen LogP contribution in [0.25, 0.3) is 0 Å². The van der Waals surface area contributed by atoms with Gasteiger partial charge in [-0.15, -0.1) is 0 Å². The van der Waals surface area contributed by atoms with Crippen molar-refractivity contribution in [1.82, 2.24) is 20.4 Å². The summed E-state index contributed by atoms with van der Waals surface area (Å²) in [4.78, 5) is 52.5. The molecule has 1 atom stereocenters. The third-order valence-electron chi connectivity index (χ3n) is 13.4. The molecule has 1 amide bonds. The van der Waals surface area contributed by atoms with Crippen LogP contribution in [0.4, 0.5) is 17.6 Å². The third kappa shape index (κ3) is 9.34. The van der Waals surface area contributed by atoms with Gasteiger partial charge in [-0.2, -0.15) is 5.26 Å². The Hall–Kier alpha value is -3.61. The van der Waals surface area contributed by atoms with Crippen LogP contribution in [0, 0.1) is 22.2 Å². The summed E-state index contributed by atoms with van der Waals surface area (Å²) < 4.78 is 63.4. The number of benzene rings is 1. The van der Waals surface area contributed by atoms with Gasteiger partial charge < -0.3 is 34.7 Å². The lowest BCUT2D eigenvalue weighted by Crippen LogP contribution is -2.58. The Morgan fingerprint density at radius 1 is 0.764 bits per heavy atom. The highest BCUT2D eigenvalue weighted by atomic mass is 19.3. The Balaban J connectivity index is 0.000000572. The fourth-order valence-corrected chi connectivity index (χ4v) is 9.57. The lowest BCUT2D eigenvalue weighted by atomic mass is 9.57. The summed E-state index contributed by atoms with van der Waals surface area (Å²) in [6, 6.07) is 8.22. The Morgan fingerprint density at radius 3 is 1.62 bits per heavy atom. The van der Waals surface area contributed by atoms with E-state index in [1.54, 1.807) is 11.9 Å². The van der Waals surface area contributed by atoms with Crippen LogP contribution in [0.5, 0.6) is 0 Å². The molecule has 0 spiro atoms. The summed E-state index contributed by atoms with van der Waals surface area (Å²) in [5, 5.41) is 15.9. The summed E-state index contributed by atoms with van der Waals surface area (Å²) in [5.74, 6) is -6.32. The molecule has 0 radical (unpaired) electrons. The molecule has 8 fully saturated rings. The Kier molecular flexibility index (Phi) is 12.0. The fraction of sp³-hybridized carbons (Fsp3) is 0.725. The number of rotatable bonds is 12. The molecule has 1 unspecified atom stereocenters. The van der Waals surface area contributed by atoms with Crippen LogP contribution in [0.2, 0.25) is 0 Å². The zero-order valence-corrected chi connectivity index (χ0v) is 31.6. The van der Waals surface area contributed by atoms with E-state index < -0.39 is 47.6 Å². The van der Waals surface area contributed by atoms with E-state index in [2.05, 4.69) is 10.6 Å². The van der Waals surface area contributed by atoms with Gasteiger partial charge in [-0.05, 0) is 95.2 Å². The molecule has 8 aliphatic rings. The van der Waals surface area contributed by atoms with Crippen molar-refractivity contribution in [1.29, 1.82) is 5.26 Å². The zero-order chi connectivity index (χ0) is 39.5. The number of hydrogen-bond acceptors (Lipinski definition) is 10. The number of fused-ring (bicyclic) bond motifs is 6.